The molecule has 2 aromatic rings. The Hall–Kier alpha value is -2.34. The fourth-order valence-corrected chi connectivity index (χ4v) is 2.98. The smallest absolute Gasteiger partial charge is 0.214 e. The van der Waals surface area contributed by atoms with E-state index in [4.69, 9.17) is 9.15 Å². The van der Waals surface area contributed by atoms with E-state index in [9.17, 15) is 0 Å². The molecule has 1 aromatic heterocycles. The molecule has 0 bridgehead atoms. The van der Waals surface area contributed by atoms with E-state index < -0.39 is 0 Å². The predicted octanol–water partition coefficient (Wildman–Crippen LogP) is 2.69. The Labute approximate surface area is 148 Å². The largest absolute Gasteiger partial charge is 0.439 e. The first kappa shape index (κ1) is 17.5. The molecule has 25 heavy (non-hydrogen) atoms. The molecule has 1 unspecified atom stereocenters. The third kappa shape index (κ3) is 4.60. The molecule has 0 amide bonds. The van der Waals surface area contributed by atoms with Crippen molar-refractivity contribution in [2.75, 3.05) is 33.9 Å². The van der Waals surface area contributed by atoms with Gasteiger partial charge in [-0.25, -0.2) is 4.98 Å². The Morgan fingerprint density at radius 1 is 1.36 bits per heavy atom. The number of aromatic nitrogens is 1. The second-order valence-electron chi connectivity index (χ2n) is 6.50. The molecule has 0 aliphatic carbocycles. The van der Waals surface area contributed by atoms with Gasteiger partial charge in [0, 0.05) is 38.7 Å². The summed E-state index contributed by atoms with van der Waals surface area (Å²) >= 11 is 0. The molecule has 1 aromatic carbocycles. The molecule has 6 heteroatoms. The Kier molecular flexibility index (Phi) is 5.71. The van der Waals surface area contributed by atoms with Crippen molar-refractivity contribution in [1.82, 2.24) is 15.2 Å². The number of oxazole rings is 1. The van der Waals surface area contributed by atoms with Crippen molar-refractivity contribution >= 4 is 5.96 Å². The summed E-state index contributed by atoms with van der Waals surface area (Å²) in [5.41, 5.74) is 2.26. The van der Waals surface area contributed by atoms with Gasteiger partial charge in [0.25, 0.3) is 0 Å². The lowest BCUT2D eigenvalue weighted by molar-refractivity contribution is 0.181. The van der Waals surface area contributed by atoms with E-state index in [1.807, 2.05) is 19.2 Å². The van der Waals surface area contributed by atoms with E-state index in [0.29, 0.717) is 18.4 Å². The topological polar surface area (TPSA) is 62.9 Å². The maximum absolute atomic E-state index is 5.85. The third-order valence-corrected chi connectivity index (χ3v) is 4.42. The summed E-state index contributed by atoms with van der Waals surface area (Å²) in [5, 5.41) is 3.31. The number of nitrogens with one attached hydrogen (secondary N) is 1. The average Bonchev–Trinajstić information content (AvgIpc) is 3.28. The van der Waals surface area contributed by atoms with Crippen LogP contribution in [0, 0.1) is 12.8 Å². The molecule has 1 aliphatic rings. The zero-order valence-corrected chi connectivity index (χ0v) is 15.2. The van der Waals surface area contributed by atoms with Gasteiger partial charge in [-0.2, -0.15) is 0 Å². The molecule has 1 atom stereocenters. The van der Waals surface area contributed by atoms with Crippen LogP contribution in [0.5, 0.6) is 0 Å². The van der Waals surface area contributed by atoms with Crippen molar-refractivity contribution in [3.05, 3.63) is 41.9 Å². The number of rotatable bonds is 5. The van der Waals surface area contributed by atoms with Crippen molar-refractivity contribution in [1.29, 1.82) is 0 Å². The molecular weight excluding hydrogens is 316 g/mol. The number of guanidine groups is 1. The maximum atomic E-state index is 5.85. The Balaban J connectivity index is 1.56. The van der Waals surface area contributed by atoms with Gasteiger partial charge in [0.05, 0.1) is 19.3 Å². The van der Waals surface area contributed by atoms with Crippen LogP contribution in [0.3, 0.4) is 0 Å². The fraction of sp³-hybridized carbons (Fsp3) is 0.474. The third-order valence-electron chi connectivity index (χ3n) is 4.42. The van der Waals surface area contributed by atoms with Gasteiger partial charge >= 0.3 is 0 Å². The first-order chi connectivity index (χ1) is 12.2. The van der Waals surface area contributed by atoms with Gasteiger partial charge in [-0.05, 0) is 13.3 Å². The second-order valence-corrected chi connectivity index (χ2v) is 6.50. The van der Waals surface area contributed by atoms with Gasteiger partial charge < -0.3 is 19.4 Å². The average molecular weight is 342 g/mol. The molecule has 1 aliphatic heterocycles. The summed E-state index contributed by atoms with van der Waals surface area (Å²) in [4.78, 5) is 10.8. The lowest BCUT2D eigenvalue weighted by atomic mass is 10.1. The molecule has 134 valence electrons. The summed E-state index contributed by atoms with van der Waals surface area (Å²) in [6.45, 7) is 5.20. The van der Waals surface area contributed by atoms with Gasteiger partial charge in [-0.1, -0.05) is 29.8 Å². The normalized spacial score (nSPS) is 17.7. The Morgan fingerprint density at radius 3 is 2.84 bits per heavy atom. The number of nitrogens with zero attached hydrogens (tertiary/aromatic N) is 3. The highest BCUT2D eigenvalue weighted by Crippen LogP contribution is 2.20. The zero-order chi connectivity index (χ0) is 17.6. The number of hydrogen-bond donors (Lipinski definition) is 1. The minimum absolute atomic E-state index is 0.504. The SMILES string of the molecule is CN=C(NCc1ncc(-c2ccc(C)cc2)o1)N(C)CC1CCOC1. The fourth-order valence-electron chi connectivity index (χ4n) is 2.98. The first-order valence-electron chi connectivity index (χ1n) is 8.67. The van der Waals surface area contributed by atoms with Crippen LogP contribution >= 0.6 is 0 Å². The molecule has 2 heterocycles. The molecule has 0 spiro atoms. The van der Waals surface area contributed by atoms with Crippen molar-refractivity contribution < 1.29 is 9.15 Å². The highest BCUT2D eigenvalue weighted by atomic mass is 16.5. The van der Waals surface area contributed by atoms with E-state index in [-0.39, 0.29) is 0 Å². The lowest BCUT2D eigenvalue weighted by Gasteiger charge is -2.24. The number of hydrogen-bond acceptors (Lipinski definition) is 4. The molecule has 0 radical (unpaired) electrons. The summed E-state index contributed by atoms with van der Waals surface area (Å²) in [5.74, 6) is 2.83. The first-order valence-corrected chi connectivity index (χ1v) is 8.67. The molecule has 1 fully saturated rings. The van der Waals surface area contributed by atoms with E-state index in [2.05, 4.69) is 39.2 Å². The maximum Gasteiger partial charge on any atom is 0.214 e. The van der Waals surface area contributed by atoms with Crippen LogP contribution < -0.4 is 5.32 Å². The van der Waals surface area contributed by atoms with E-state index in [1.165, 1.54) is 5.56 Å². The zero-order valence-electron chi connectivity index (χ0n) is 15.2. The van der Waals surface area contributed by atoms with Crippen molar-refractivity contribution in [3.63, 3.8) is 0 Å². The highest BCUT2D eigenvalue weighted by molar-refractivity contribution is 5.79. The summed E-state index contributed by atoms with van der Waals surface area (Å²) in [6, 6.07) is 8.23. The minimum atomic E-state index is 0.504. The molecule has 1 N–H and O–H groups in total. The van der Waals surface area contributed by atoms with Crippen molar-refractivity contribution in [2.45, 2.75) is 19.9 Å². The number of aliphatic imine (C=N–C) groups is 1. The molecule has 1 saturated heterocycles. The van der Waals surface area contributed by atoms with E-state index >= 15 is 0 Å². The summed E-state index contributed by atoms with van der Waals surface area (Å²) in [7, 11) is 3.83. The highest BCUT2D eigenvalue weighted by Gasteiger charge is 2.19. The molecular formula is C19H26N4O2. The van der Waals surface area contributed by atoms with Gasteiger partial charge in [0.1, 0.15) is 0 Å². The number of aryl methyl sites for hydroxylation is 1. The standard InChI is InChI=1S/C19H26N4O2/c1-14-4-6-16(7-5-14)17-10-21-18(25-17)11-22-19(20-2)23(3)12-15-8-9-24-13-15/h4-7,10,15H,8-9,11-13H2,1-3H3,(H,20,22). The quantitative estimate of drug-likeness (QED) is 0.669. The van der Waals surface area contributed by atoms with Crippen LogP contribution in [0.4, 0.5) is 0 Å². The molecule has 6 nitrogen and oxygen atoms in total. The monoisotopic (exact) mass is 342 g/mol. The summed E-state index contributed by atoms with van der Waals surface area (Å²) < 4.78 is 11.3. The molecule has 0 saturated carbocycles. The van der Waals surface area contributed by atoms with Crippen LogP contribution in [-0.2, 0) is 11.3 Å². The molecule has 3 rings (SSSR count). The van der Waals surface area contributed by atoms with Gasteiger partial charge in [0.15, 0.2) is 11.7 Å². The number of benzene rings is 1. The van der Waals surface area contributed by atoms with E-state index in [1.54, 1.807) is 13.2 Å². The minimum Gasteiger partial charge on any atom is -0.439 e. The van der Waals surface area contributed by atoms with E-state index in [0.717, 1.165) is 43.5 Å². The lowest BCUT2D eigenvalue weighted by Crippen LogP contribution is -2.41. The van der Waals surface area contributed by atoms with Crippen molar-refractivity contribution in [3.8, 4) is 11.3 Å². The van der Waals surface area contributed by atoms with Crippen LogP contribution in [0.15, 0.2) is 39.9 Å². The van der Waals surface area contributed by atoms with Crippen LogP contribution in [0.2, 0.25) is 0 Å². The van der Waals surface area contributed by atoms with Crippen LogP contribution in [-0.4, -0.2) is 49.7 Å². The number of ether oxygens (including phenoxy) is 1. The predicted molar refractivity (Wildman–Crippen MR) is 98.4 cm³/mol. The van der Waals surface area contributed by atoms with Crippen molar-refractivity contribution in [2.24, 2.45) is 10.9 Å². The second kappa shape index (κ2) is 8.16. The van der Waals surface area contributed by atoms with Gasteiger partial charge in [-0.15, -0.1) is 0 Å². The Morgan fingerprint density at radius 2 is 2.16 bits per heavy atom. The summed E-state index contributed by atoms with van der Waals surface area (Å²) in [6.07, 6.45) is 2.88. The Bertz CT molecular complexity index is 702. The van der Waals surface area contributed by atoms with Gasteiger partial charge in [0.2, 0.25) is 5.89 Å². The van der Waals surface area contributed by atoms with Crippen LogP contribution in [0.25, 0.3) is 11.3 Å². The van der Waals surface area contributed by atoms with Gasteiger partial charge in [-0.3, -0.25) is 4.99 Å². The van der Waals surface area contributed by atoms with Crippen LogP contribution in [0.1, 0.15) is 17.9 Å².